The molecule has 2 rings (SSSR count). The van der Waals surface area contributed by atoms with E-state index in [1.54, 1.807) is 0 Å². The predicted octanol–water partition coefficient (Wildman–Crippen LogP) is 5.41. The van der Waals surface area contributed by atoms with Gasteiger partial charge < -0.3 is 10.6 Å². The van der Waals surface area contributed by atoms with E-state index in [0.717, 1.165) is 16.6 Å². The molecule has 0 saturated carbocycles. The normalized spacial score (nSPS) is 12.2. The summed E-state index contributed by atoms with van der Waals surface area (Å²) in [6.45, 7) is 5.24. The van der Waals surface area contributed by atoms with Gasteiger partial charge in [-0.15, -0.1) is 0 Å². The summed E-state index contributed by atoms with van der Waals surface area (Å²) >= 11 is 3.65. The first-order valence-electron chi connectivity index (χ1n) is 7.51. The first-order chi connectivity index (χ1) is 10.1. The Labute approximate surface area is 136 Å². The number of hydrogen-bond acceptors (Lipinski definition) is 2. The van der Waals surface area contributed by atoms with Crippen molar-refractivity contribution >= 4 is 27.3 Å². The fourth-order valence-electron chi connectivity index (χ4n) is 2.38. The molecule has 2 nitrogen and oxygen atoms in total. The standard InChI is InChI=1S/C18H23BrN2/c1-3-4-12-21(15-8-6-5-7-9-15)16-10-11-17(14(2)20)18(19)13-16/h5-11,13-14H,3-4,12,20H2,1-2H3/t14-/m1/s1. The van der Waals surface area contributed by atoms with Gasteiger partial charge in [-0.1, -0.05) is 53.5 Å². The molecule has 2 N–H and O–H groups in total. The summed E-state index contributed by atoms with van der Waals surface area (Å²) in [6, 6.07) is 17.0. The van der Waals surface area contributed by atoms with Crippen molar-refractivity contribution in [2.24, 2.45) is 5.73 Å². The van der Waals surface area contributed by atoms with Gasteiger partial charge >= 0.3 is 0 Å². The van der Waals surface area contributed by atoms with Crippen LogP contribution in [0.3, 0.4) is 0 Å². The van der Waals surface area contributed by atoms with Crippen molar-refractivity contribution < 1.29 is 0 Å². The van der Waals surface area contributed by atoms with Crippen LogP contribution in [0.25, 0.3) is 0 Å². The van der Waals surface area contributed by atoms with Gasteiger partial charge in [-0.05, 0) is 43.2 Å². The molecule has 2 aromatic rings. The van der Waals surface area contributed by atoms with Crippen molar-refractivity contribution in [1.29, 1.82) is 0 Å². The Hall–Kier alpha value is -1.32. The maximum absolute atomic E-state index is 5.99. The zero-order valence-corrected chi connectivity index (χ0v) is 14.3. The van der Waals surface area contributed by atoms with E-state index in [1.807, 2.05) is 6.92 Å². The van der Waals surface area contributed by atoms with Gasteiger partial charge in [-0.25, -0.2) is 0 Å². The number of hydrogen-bond donors (Lipinski definition) is 1. The van der Waals surface area contributed by atoms with E-state index in [-0.39, 0.29) is 6.04 Å². The van der Waals surface area contributed by atoms with Crippen LogP contribution in [0.2, 0.25) is 0 Å². The van der Waals surface area contributed by atoms with Crippen molar-refractivity contribution in [3.05, 3.63) is 58.6 Å². The Kier molecular flexibility index (Phi) is 5.83. The van der Waals surface area contributed by atoms with Crippen LogP contribution in [-0.4, -0.2) is 6.54 Å². The molecule has 0 heterocycles. The summed E-state index contributed by atoms with van der Waals surface area (Å²) in [7, 11) is 0. The van der Waals surface area contributed by atoms with Gasteiger partial charge in [0, 0.05) is 28.4 Å². The number of para-hydroxylation sites is 1. The summed E-state index contributed by atoms with van der Waals surface area (Å²) < 4.78 is 1.08. The fourth-order valence-corrected chi connectivity index (χ4v) is 3.11. The molecule has 0 radical (unpaired) electrons. The van der Waals surface area contributed by atoms with Crippen LogP contribution in [0.1, 0.15) is 38.3 Å². The van der Waals surface area contributed by atoms with Crippen molar-refractivity contribution in [2.75, 3.05) is 11.4 Å². The Balaban J connectivity index is 2.35. The highest BCUT2D eigenvalue weighted by molar-refractivity contribution is 9.10. The van der Waals surface area contributed by atoms with Crippen molar-refractivity contribution in [1.82, 2.24) is 0 Å². The van der Waals surface area contributed by atoms with Gasteiger partial charge in [0.25, 0.3) is 0 Å². The number of unbranched alkanes of at least 4 members (excludes halogenated alkanes) is 1. The maximum atomic E-state index is 5.99. The Morgan fingerprint density at radius 1 is 1.10 bits per heavy atom. The summed E-state index contributed by atoms with van der Waals surface area (Å²) in [5.74, 6) is 0. The molecule has 0 aliphatic heterocycles. The second kappa shape index (κ2) is 7.62. The molecular formula is C18H23BrN2. The third-order valence-corrected chi connectivity index (χ3v) is 4.28. The number of nitrogens with zero attached hydrogens (tertiary/aromatic N) is 1. The van der Waals surface area contributed by atoms with Crippen LogP contribution >= 0.6 is 15.9 Å². The maximum Gasteiger partial charge on any atom is 0.0422 e. The Bertz CT molecular complexity index is 567. The lowest BCUT2D eigenvalue weighted by molar-refractivity contribution is 0.783. The van der Waals surface area contributed by atoms with Crippen molar-refractivity contribution in [2.45, 2.75) is 32.7 Å². The molecule has 0 aromatic heterocycles. The highest BCUT2D eigenvalue weighted by atomic mass is 79.9. The Morgan fingerprint density at radius 3 is 2.38 bits per heavy atom. The van der Waals surface area contributed by atoms with Gasteiger partial charge in [0.2, 0.25) is 0 Å². The molecular weight excluding hydrogens is 324 g/mol. The minimum Gasteiger partial charge on any atom is -0.341 e. The molecule has 0 unspecified atom stereocenters. The van der Waals surface area contributed by atoms with E-state index in [0.29, 0.717) is 0 Å². The smallest absolute Gasteiger partial charge is 0.0422 e. The lowest BCUT2D eigenvalue weighted by Gasteiger charge is -2.26. The molecule has 21 heavy (non-hydrogen) atoms. The first-order valence-corrected chi connectivity index (χ1v) is 8.30. The zero-order valence-electron chi connectivity index (χ0n) is 12.7. The second-order valence-corrected chi connectivity index (χ2v) is 6.19. The number of benzene rings is 2. The molecule has 0 aliphatic rings. The molecule has 0 bridgehead atoms. The van der Waals surface area contributed by atoms with E-state index < -0.39 is 0 Å². The van der Waals surface area contributed by atoms with E-state index in [4.69, 9.17) is 5.73 Å². The highest BCUT2D eigenvalue weighted by Crippen LogP contribution is 2.31. The topological polar surface area (TPSA) is 29.3 Å². The fraction of sp³-hybridized carbons (Fsp3) is 0.333. The van der Waals surface area contributed by atoms with Crippen molar-refractivity contribution in [3.63, 3.8) is 0 Å². The summed E-state index contributed by atoms with van der Waals surface area (Å²) in [4.78, 5) is 2.36. The number of nitrogens with two attached hydrogens (primary N) is 1. The lowest BCUT2D eigenvalue weighted by atomic mass is 10.1. The van der Waals surface area contributed by atoms with Crippen molar-refractivity contribution in [3.8, 4) is 0 Å². The molecule has 0 aliphatic carbocycles. The Morgan fingerprint density at radius 2 is 1.81 bits per heavy atom. The average molecular weight is 347 g/mol. The minimum absolute atomic E-state index is 0.0363. The van der Waals surface area contributed by atoms with Crippen LogP contribution in [0.5, 0.6) is 0 Å². The van der Waals surface area contributed by atoms with Gasteiger partial charge in [0.05, 0.1) is 0 Å². The molecule has 0 saturated heterocycles. The van der Waals surface area contributed by atoms with Gasteiger partial charge in [-0.3, -0.25) is 0 Å². The molecule has 1 atom stereocenters. The second-order valence-electron chi connectivity index (χ2n) is 5.34. The van der Waals surface area contributed by atoms with E-state index in [1.165, 1.54) is 24.2 Å². The molecule has 0 fully saturated rings. The summed E-state index contributed by atoms with van der Waals surface area (Å²) in [6.07, 6.45) is 2.35. The van der Waals surface area contributed by atoms with Gasteiger partial charge in [-0.2, -0.15) is 0 Å². The van der Waals surface area contributed by atoms with E-state index in [9.17, 15) is 0 Å². The quantitative estimate of drug-likeness (QED) is 0.757. The number of halogens is 1. The molecule has 0 amide bonds. The average Bonchev–Trinajstić information content (AvgIpc) is 2.48. The van der Waals surface area contributed by atoms with Crippen LogP contribution < -0.4 is 10.6 Å². The minimum atomic E-state index is 0.0363. The third kappa shape index (κ3) is 4.08. The van der Waals surface area contributed by atoms with Crippen LogP contribution in [0.4, 0.5) is 11.4 Å². The predicted molar refractivity (Wildman–Crippen MR) is 95.1 cm³/mol. The van der Waals surface area contributed by atoms with E-state index in [2.05, 4.69) is 76.3 Å². The highest BCUT2D eigenvalue weighted by Gasteiger charge is 2.12. The molecule has 0 spiro atoms. The van der Waals surface area contributed by atoms with Crippen LogP contribution in [0.15, 0.2) is 53.0 Å². The first kappa shape index (κ1) is 16.1. The largest absolute Gasteiger partial charge is 0.341 e. The van der Waals surface area contributed by atoms with Gasteiger partial charge in [0.1, 0.15) is 0 Å². The summed E-state index contributed by atoms with van der Waals surface area (Å²) in [5.41, 5.74) is 9.56. The van der Waals surface area contributed by atoms with Crippen LogP contribution in [0, 0.1) is 0 Å². The molecule has 2 aromatic carbocycles. The number of anilines is 2. The molecule has 112 valence electrons. The SMILES string of the molecule is CCCCN(c1ccccc1)c1ccc([C@@H](C)N)c(Br)c1. The summed E-state index contributed by atoms with van der Waals surface area (Å²) in [5, 5.41) is 0. The zero-order chi connectivity index (χ0) is 15.2. The van der Waals surface area contributed by atoms with Crippen LogP contribution in [-0.2, 0) is 0 Å². The third-order valence-electron chi connectivity index (χ3n) is 3.59. The molecule has 3 heteroatoms. The van der Waals surface area contributed by atoms with Gasteiger partial charge in [0.15, 0.2) is 0 Å². The lowest BCUT2D eigenvalue weighted by Crippen LogP contribution is -2.18. The van der Waals surface area contributed by atoms with E-state index >= 15 is 0 Å². The monoisotopic (exact) mass is 346 g/mol. The number of rotatable bonds is 6.